The van der Waals surface area contributed by atoms with Crippen LogP contribution >= 0.6 is 27.5 Å². The van der Waals surface area contributed by atoms with E-state index in [9.17, 15) is 8.78 Å². The average molecular weight is 278 g/mol. The van der Waals surface area contributed by atoms with Crippen LogP contribution < -0.4 is 0 Å². The summed E-state index contributed by atoms with van der Waals surface area (Å²) in [6.45, 7) is 0. The van der Waals surface area contributed by atoms with Gasteiger partial charge >= 0.3 is 0 Å². The minimum atomic E-state index is -0.719. The first-order valence-corrected chi connectivity index (χ1v) is 4.86. The van der Waals surface area contributed by atoms with Gasteiger partial charge in [-0.3, -0.25) is 0 Å². The third kappa shape index (κ3) is 1.48. The number of benzene rings is 1. The topological polar surface area (TPSA) is 12.9 Å². The van der Waals surface area contributed by atoms with Crippen LogP contribution in [-0.4, -0.2) is 4.98 Å². The number of fused-ring (bicyclic) bond motifs is 1. The Kier molecular flexibility index (Phi) is 2.41. The van der Waals surface area contributed by atoms with Crippen molar-refractivity contribution in [3.63, 3.8) is 0 Å². The molecule has 0 bridgehead atoms. The molecule has 0 fully saturated rings. The lowest BCUT2D eigenvalue weighted by molar-refractivity contribution is 0.586. The molecule has 0 aliphatic carbocycles. The van der Waals surface area contributed by atoms with Crippen molar-refractivity contribution in [1.82, 2.24) is 4.98 Å². The zero-order valence-corrected chi connectivity index (χ0v) is 9.03. The van der Waals surface area contributed by atoms with Gasteiger partial charge in [0.05, 0.1) is 4.47 Å². The monoisotopic (exact) mass is 277 g/mol. The van der Waals surface area contributed by atoms with Crippen molar-refractivity contribution >= 4 is 38.4 Å². The molecule has 0 N–H and O–H groups in total. The molecule has 0 aliphatic rings. The lowest BCUT2D eigenvalue weighted by Crippen LogP contribution is -1.89. The largest absolute Gasteiger partial charge is 0.233 e. The van der Waals surface area contributed by atoms with Gasteiger partial charge in [-0.25, -0.2) is 13.8 Å². The lowest BCUT2D eigenvalue weighted by Gasteiger charge is -2.02. The Hall–Kier alpha value is -0.740. The fourth-order valence-electron chi connectivity index (χ4n) is 1.17. The third-order valence-corrected chi connectivity index (χ3v) is 2.80. The fourth-order valence-corrected chi connectivity index (χ4v) is 1.75. The Labute approximate surface area is 91.8 Å². The van der Waals surface area contributed by atoms with Crippen LogP contribution in [0.5, 0.6) is 0 Å². The zero-order valence-electron chi connectivity index (χ0n) is 6.69. The molecule has 1 aromatic carbocycles. The first-order valence-electron chi connectivity index (χ1n) is 3.69. The van der Waals surface area contributed by atoms with E-state index in [4.69, 9.17) is 11.6 Å². The number of hydrogen-bond acceptors (Lipinski definition) is 1. The van der Waals surface area contributed by atoms with Gasteiger partial charge in [0.15, 0.2) is 5.82 Å². The second kappa shape index (κ2) is 3.44. The summed E-state index contributed by atoms with van der Waals surface area (Å²) < 4.78 is 26.5. The molecular weight excluding hydrogens is 275 g/mol. The van der Waals surface area contributed by atoms with Crippen LogP contribution in [0.25, 0.3) is 10.9 Å². The van der Waals surface area contributed by atoms with Crippen LogP contribution in [0.1, 0.15) is 0 Å². The number of aromatic nitrogens is 1. The number of nitrogens with zero attached hydrogens (tertiary/aromatic N) is 1. The molecule has 0 saturated carbocycles. The van der Waals surface area contributed by atoms with E-state index >= 15 is 0 Å². The van der Waals surface area contributed by atoms with Gasteiger partial charge in [0.2, 0.25) is 0 Å². The van der Waals surface area contributed by atoms with E-state index in [1.54, 1.807) is 0 Å². The van der Waals surface area contributed by atoms with Gasteiger partial charge < -0.3 is 0 Å². The molecule has 1 aromatic heterocycles. The molecule has 72 valence electrons. The van der Waals surface area contributed by atoms with E-state index < -0.39 is 11.6 Å². The van der Waals surface area contributed by atoms with Crippen LogP contribution in [-0.2, 0) is 0 Å². The molecule has 0 saturated heterocycles. The molecule has 0 amide bonds. The van der Waals surface area contributed by atoms with Gasteiger partial charge in [-0.15, -0.1) is 0 Å². The molecule has 0 radical (unpaired) electrons. The Balaban J connectivity index is 2.94. The van der Waals surface area contributed by atoms with Gasteiger partial charge in [0.1, 0.15) is 16.5 Å². The maximum atomic E-state index is 13.2. The summed E-state index contributed by atoms with van der Waals surface area (Å²) in [5, 5.41) is 0.543. The predicted molar refractivity (Wildman–Crippen MR) is 54.4 cm³/mol. The molecule has 0 unspecified atom stereocenters. The molecule has 5 heteroatoms. The summed E-state index contributed by atoms with van der Waals surface area (Å²) in [5.41, 5.74) is 0.0609. The van der Waals surface area contributed by atoms with Gasteiger partial charge in [0.25, 0.3) is 0 Å². The van der Waals surface area contributed by atoms with Crippen molar-refractivity contribution < 1.29 is 8.78 Å². The molecule has 0 aliphatic heterocycles. The van der Waals surface area contributed by atoms with Crippen LogP contribution in [0.4, 0.5) is 8.78 Å². The third-order valence-electron chi connectivity index (χ3n) is 1.79. The molecule has 1 nitrogen and oxygen atoms in total. The maximum absolute atomic E-state index is 13.2. The normalized spacial score (nSPS) is 10.9. The lowest BCUT2D eigenvalue weighted by atomic mass is 10.2. The van der Waals surface area contributed by atoms with Crippen LogP contribution in [0.2, 0.25) is 5.15 Å². The van der Waals surface area contributed by atoms with Crippen molar-refractivity contribution in [1.29, 1.82) is 0 Å². The predicted octanol–water partition coefficient (Wildman–Crippen LogP) is 3.93. The molecule has 2 aromatic rings. The second-order valence-electron chi connectivity index (χ2n) is 2.68. The van der Waals surface area contributed by atoms with Crippen LogP contribution in [0.15, 0.2) is 22.7 Å². The highest BCUT2D eigenvalue weighted by Crippen LogP contribution is 2.28. The summed E-state index contributed by atoms with van der Waals surface area (Å²) in [7, 11) is 0. The first kappa shape index (κ1) is 9.80. The number of rotatable bonds is 0. The van der Waals surface area contributed by atoms with E-state index in [1.807, 2.05) is 0 Å². The molecular formula is C9H3BrClF2N. The Bertz CT molecular complexity index is 516. The van der Waals surface area contributed by atoms with E-state index in [0.29, 0.717) is 5.39 Å². The van der Waals surface area contributed by atoms with Crippen molar-refractivity contribution in [3.05, 3.63) is 39.5 Å². The number of hydrogen-bond donors (Lipinski definition) is 0. The summed E-state index contributed by atoms with van der Waals surface area (Å²) in [6, 6.07) is 3.77. The van der Waals surface area contributed by atoms with Crippen molar-refractivity contribution in [2.75, 3.05) is 0 Å². The van der Waals surface area contributed by atoms with Crippen LogP contribution in [0.3, 0.4) is 0 Å². The molecule has 1 heterocycles. The van der Waals surface area contributed by atoms with Gasteiger partial charge in [-0.2, -0.15) is 0 Å². The maximum Gasteiger partial charge on any atom is 0.152 e. The van der Waals surface area contributed by atoms with E-state index in [-0.39, 0.29) is 15.1 Å². The van der Waals surface area contributed by atoms with Crippen molar-refractivity contribution in [3.8, 4) is 0 Å². The van der Waals surface area contributed by atoms with Crippen molar-refractivity contribution in [2.45, 2.75) is 0 Å². The van der Waals surface area contributed by atoms with E-state index in [2.05, 4.69) is 20.9 Å². The fraction of sp³-hybridized carbons (Fsp3) is 0. The SMILES string of the molecule is Fc1cc(F)c2nc(Cl)ccc2c1Br. The Morgan fingerprint density at radius 3 is 2.64 bits per heavy atom. The first-order chi connectivity index (χ1) is 6.59. The quantitative estimate of drug-likeness (QED) is 0.525. The summed E-state index contributed by atoms with van der Waals surface area (Å²) in [4.78, 5) is 3.77. The minimum absolute atomic E-state index is 0.0609. The van der Waals surface area contributed by atoms with Gasteiger partial charge in [0, 0.05) is 11.5 Å². The van der Waals surface area contributed by atoms with E-state index in [0.717, 1.165) is 6.07 Å². The average Bonchev–Trinajstić information content (AvgIpc) is 2.14. The van der Waals surface area contributed by atoms with Crippen LogP contribution in [0, 0.1) is 11.6 Å². The minimum Gasteiger partial charge on any atom is -0.233 e. The van der Waals surface area contributed by atoms with E-state index in [1.165, 1.54) is 12.1 Å². The molecule has 14 heavy (non-hydrogen) atoms. The molecule has 0 atom stereocenters. The number of halogens is 4. The highest BCUT2D eigenvalue weighted by atomic mass is 79.9. The van der Waals surface area contributed by atoms with Crippen molar-refractivity contribution in [2.24, 2.45) is 0 Å². The second-order valence-corrected chi connectivity index (χ2v) is 3.86. The summed E-state index contributed by atoms with van der Waals surface area (Å²) >= 11 is 8.61. The summed E-state index contributed by atoms with van der Waals surface area (Å²) in [5.74, 6) is -1.37. The Morgan fingerprint density at radius 2 is 1.93 bits per heavy atom. The smallest absolute Gasteiger partial charge is 0.152 e. The highest BCUT2D eigenvalue weighted by Gasteiger charge is 2.11. The standard InChI is InChI=1S/C9H3BrClF2N/c10-8-4-1-2-7(11)14-9(4)6(13)3-5(8)12/h1-3H. The molecule has 2 rings (SSSR count). The Morgan fingerprint density at radius 1 is 1.21 bits per heavy atom. The zero-order chi connectivity index (χ0) is 10.3. The summed E-state index contributed by atoms with van der Waals surface area (Å²) in [6.07, 6.45) is 0. The number of pyridine rings is 1. The van der Waals surface area contributed by atoms with Gasteiger partial charge in [-0.05, 0) is 28.1 Å². The van der Waals surface area contributed by atoms with Gasteiger partial charge in [-0.1, -0.05) is 11.6 Å². The highest BCUT2D eigenvalue weighted by molar-refractivity contribution is 9.10. The molecule has 0 spiro atoms.